The molecule has 0 unspecified atom stereocenters. The molecule has 3 rings (SSSR count). The van der Waals surface area contributed by atoms with Gasteiger partial charge in [-0.25, -0.2) is 8.42 Å². The maximum Gasteiger partial charge on any atom is 0.175 e. The zero-order valence-corrected chi connectivity index (χ0v) is 16.6. The van der Waals surface area contributed by atoms with Crippen LogP contribution in [0.2, 0.25) is 0 Å². The summed E-state index contributed by atoms with van der Waals surface area (Å²) in [5.41, 5.74) is 4.44. The third-order valence-corrected chi connectivity index (χ3v) is 5.66. The van der Waals surface area contributed by atoms with Crippen molar-refractivity contribution in [3.05, 3.63) is 54.2 Å². The molecule has 0 spiro atoms. The largest absolute Gasteiger partial charge is 0.497 e. The van der Waals surface area contributed by atoms with E-state index in [1.165, 1.54) is 6.26 Å². The van der Waals surface area contributed by atoms with Crippen LogP contribution in [0.25, 0.3) is 22.4 Å². The highest BCUT2D eigenvalue weighted by Crippen LogP contribution is 2.35. The molecule has 0 saturated carbocycles. The first-order valence-corrected chi connectivity index (χ1v) is 10.8. The average molecular weight is 398 g/mol. The summed E-state index contributed by atoms with van der Waals surface area (Å²) in [5.74, 6) is 0.758. The van der Waals surface area contributed by atoms with Gasteiger partial charge in [0.05, 0.1) is 23.4 Å². The van der Waals surface area contributed by atoms with Gasteiger partial charge in [-0.1, -0.05) is 24.3 Å². The van der Waals surface area contributed by atoms with Crippen LogP contribution in [0, 0.1) is 0 Å². The van der Waals surface area contributed by atoms with Crippen LogP contribution in [0.3, 0.4) is 0 Å². The van der Waals surface area contributed by atoms with Gasteiger partial charge in [-0.05, 0) is 42.7 Å². The summed E-state index contributed by atoms with van der Waals surface area (Å²) in [6.45, 7) is 0. The van der Waals surface area contributed by atoms with E-state index in [1.54, 1.807) is 31.4 Å². The van der Waals surface area contributed by atoms with Crippen LogP contribution in [0.1, 0.15) is 18.5 Å². The molecule has 2 aromatic carbocycles. The second kappa shape index (κ2) is 8.39. The third kappa shape index (κ3) is 4.31. The normalized spacial score (nSPS) is 11.4. The standard InChI is InChI=1S/C21H22N2O4S/c1-27-17-10-6-15(7-11-17)20-19(5-3-4-14-24)22-23-21(20)16-8-12-18(13-9-16)28(2,25)26/h6-14H,3-5H2,1-2H3,(H,22,23). The number of unbranched alkanes of at least 4 members (excludes halogenated alkanes) is 1. The number of hydrogen-bond donors (Lipinski definition) is 1. The summed E-state index contributed by atoms with van der Waals surface area (Å²) < 4.78 is 28.7. The molecule has 1 N–H and O–H groups in total. The number of aromatic nitrogens is 2. The predicted octanol–water partition coefficient (Wildman–Crippen LogP) is 3.68. The number of hydrogen-bond acceptors (Lipinski definition) is 5. The molecule has 0 saturated heterocycles. The van der Waals surface area contributed by atoms with Crippen molar-refractivity contribution in [2.45, 2.75) is 24.2 Å². The van der Waals surface area contributed by atoms with Gasteiger partial charge in [-0.15, -0.1) is 0 Å². The molecule has 0 aliphatic rings. The lowest BCUT2D eigenvalue weighted by Crippen LogP contribution is -1.96. The zero-order valence-electron chi connectivity index (χ0n) is 15.8. The number of carbonyl (C=O) groups excluding carboxylic acids is 1. The number of nitrogens with zero attached hydrogens (tertiary/aromatic N) is 1. The fourth-order valence-corrected chi connectivity index (χ4v) is 3.69. The number of nitrogens with one attached hydrogen (secondary N) is 1. The van der Waals surface area contributed by atoms with E-state index in [9.17, 15) is 13.2 Å². The second-order valence-electron chi connectivity index (χ2n) is 6.50. The quantitative estimate of drug-likeness (QED) is 0.462. The topological polar surface area (TPSA) is 89.1 Å². The summed E-state index contributed by atoms with van der Waals surface area (Å²) in [5, 5.41) is 7.55. The zero-order chi connectivity index (χ0) is 20.1. The number of aromatic amines is 1. The molecule has 0 aliphatic heterocycles. The van der Waals surface area contributed by atoms with Gasteiger partial charge in [0.25, 0.3) is 0 Å². The predicted molar refractivity (Wildman–Crippen MR) is 108 cm³/mol. The summed E-state index contributed by atoms with van der Waals surface area (Å²) in [6, 6.07) is 14.4. The Kier molecular flexibility index (Phi) is 5.94. The molecule has 0 fully saturated rings. The molecule has 146 valence electrons. The summed E-state index contributed by atoms with van der Waals surface area (Å²) in [6.07, 6.45) is 3.95. The SMILES string of the molecule is COc1ccc(-c2c(CCCC=O)n[nH]c2-c2ccc(S(C)(=O)=O)cc2)cc1. The molecule has 0 aliphatic carbocycles. The van der Waals surface area contributed by atoms with Crippen LogP contribution in [-0.2, 0) is 21.1 Å². The minimum atomic E-state index is -3.25. The van der Waals surface area contributed by atoms with Gasteiger partial charge in [0.2, 0.25) is 0 Å². The molecule has 7 heteroatoms. The molecular weight excluding hydrogens is 376 g/mol. The lowest BCUT2D eigenvalue weighted by Gasteiger charge is -2.08. The third-order valence-electron chi connectivity index (χ3n) is 4.53. The van der Waals surface area contributed by atoms with E-state index in [1.807, 2.05) is 24.3 Å². The van der Waals surface area contributed by atoms with Gasteiger partial charge >= 0.3 is 0 Å². The fraction of sp³-hybridized carbons (Fsp3) is 0.238. The van der Waals surface area contributed by atoms with Gasteiger partial charge in [-0.3, -0.25) is 5.10 Å². The van der Waals surface area contributed by atoms with E-state index in [4.69, 9.17) is 4.74 Å². The van der Waals surface area contributed by atoms with Gasteiger partial charge in [0, 0.05) is 23.8 Å². The Hall–Kier alpha value is -2.93. The summed E-state index contributed by atoms with van der Waals surface area (Å²) in [7, 11) is -1.64. The van der Waals surface area contributed by atoms with Crippen molar-refractivity contribution >= 4 is 16.1 Å². The fourth-order valence-electron chi connectivity index (χ4n) is 3.06. The van der Waals surface area contributed by atoms with Crippen LogP contribution in [0.5, 0.6) is 5.75 Å². The van der Waals surface area contributed by atoms with Crippen LogP contribution in [-0.4, -0.2) is 38.3 Å². The van der Waals surface area contributed by atoms with Gasteiger partial charge in [0.1, 0.15) is 12.0 Å². The van der Waals surface area contributed by atoms with E-state index in [0.29, 0.717) is 19.3 Å². The van der Waals surface area contributed by atoms with E-state index in [-0.39, 0.29) is 4.90 Å². The molecule has 3 aromatic rings. The molecule has 1 aromatic heterocycles. The van der Waals surface area contributed by atoms with Crippen molar-refractivity contribution in [1.82, 2.24) is 10.2 Å². The van der Waals surface area contributed by atoms with Crippen molar-refractivity contribution in [3.8, 4) is 28.1 Å². The van der Waals surface area contributed by atoms with Crippen molar-refractivity contribution < 1.29 is 17.9 Å². The first-order valence-electron chi connectivity index (χ1n) is 8.90. The van der Waals surface area contributed by atoms with E-state index in [0.717, 1.165) is 40.1 Å². The minimum Gasteiger partial charge on any atom is -0.497 e. The lowest BCUT2D eigenvalue weighted by atomic mass is 9.97. The molecule has 0 bridgehead atoms. The lowest BCUT2D eigenvalue weighted by molar-refractivity contribution is -0.107. The highest BCUT2D eigenvalue weighted by molar-refractivity contribution is 7.90. The summed E-state index contributed by atoms with van der Waals surface area (Å²) >= 11 is 0. The van der Waals surface area contributed by atoms with Gasteiger partial charge < -0.3 is 9.53 Å². The Morgan fingerprint density at radius 3 is 2.25 bits per heavy atom. The number of aldehydes is 1. The van der Waals surface area contributed by atoms with Crippen molar-refractivity contribution in [2.24, 2.45) is 0 Å². The van der Waals surface area contributed by atoms with Crippen LogP contribution < -0.4 is 4.74 Å². The number of sulfone groups is 1. The smallest absolute Gasteiger partial charge is 0.175 e. The summed E-state index contributed by atoms with van der Waals surface area (Å²) in [4.78, 5) is 10.9. The monoisotopic (exact) mass is 398 g/mol. The number of benzene rings is 2. The van der Waals surface area contributed by atoms with Gasteiger partial charge in [-0.2, -0.15) is 5.10 Å². The Balaban J connectivity index is 2.06. The number of rotatable bonds is 8. The molecule has 28 heavy (non-hydrogen) atoms. The van der Waals surface area contributed by atoms with Crippen LogP contribution in [0.4, 0.5) is 0 Å². The average Bonchev–Trinajstić information content (AvgIpc) is 3.11. The van der Waals surface area contributed by atoms with Crippen LogP contribution in [0.15, 0.2) is 53.4 Å². The molecule has 0 atom stereocenters. The van der Waals surface area contributed by atoms with Crippen molar-refractivity contribution in [2.75, 3.05) is 13.4 Å². The Bertz CT molecular complexity index is 1050. The van der Waals surface area contributed by atoms with Crippen molar-refractivity contribution in [3.63, 3.8) is 0 Å². The Morgan fingerprint density at radius 1 is 1.04 bits per heavy atom. The molecule has 0 radical (unpaired) electrons. The Morgan fingerprint density at radius 2 is 1.68 bits per heavy atom. The molecule has 0 amide bonds. The second-order valence-corrected chi connectivity index (χ2v) is 8.52. The molecular formula is C21H22N2O4S. The maximum absolute atomic E-state index is 11.7. The molecule has 6 nitrogen and oxygen atoms in total. The number of aryl methyl sites for hydroxylation is 1. The number of methoxy groups -OCH3 is 1. The maximum atomic E-state index is 11.7. The van der Waals surface area contributed by atoms with Crippen molar-refractivity contribution in [1.29, 1.82) is 0 Å². The number of H-pyrrole nitrogens is 1. The first kappa shape index (κ1) is 19.8. The number of ether oxygens (including phenoxy) is 1. The minimum absolute atomic E-state index is 0.271. The van der Waals surface area contributed by atoms with E-state index >= 15 is 0 Å². The number of carbonyl (C=O) groups is 1. The van der Waals surface area contributed by atoms with Crippen LogP contribution >= 0.6 is 0 Å². The highest BCUT2D eigenvalue weighted by Gasteiger charge is 2.17. The van der Waals surface area contributed by atoms with E-state index < -0.39 is 9.84 Å². The molecule has 1 heterocycles. The van der Waals surface area contributed by atoms with E-state index in [2.05, 4.69) is 10.2 Å². The first-order chi connectivity index (χ1) is 13.4. The van der Waals surface area contributed by atoms with Gasteiger partial charge in [0.15, 0.2) is 9.84 Å². The Labute approximate surface area is 164 Å². The highest BCUT2D eigenvalue weighted by atomic mass is 32.2.